The molecular formula is C28H32N2O5SSi. The van der Waals surface area contributed by atoms with Gasteiger partial charge >= 0.3 is 5.97 Å². The van der Waals surface area contributed by atoms with E-state index < -0.39 is 19.5 Å². The molecule has 1 amide bonds. The molecule has 1 saturated heterocycles. The molecule has 194 valence electrons. The number of esters is 1. The summed E-state index contributed by atoms with van der Waals surface area (Å²) >= 11 is 1.18. The van der Waals surface area contributed by atoms with Crippen molar-refractivity contribution in [1.82, 2.24) is 4.90 Å². The molecule has 2 unspecified atom stereocenters. The average molecular weight is 537 g/mol. The minimum atomic E-state index is -2.63. The Kier molecular flexibility index (Phi) is 8.24. The van der Waals surface area contributed by atoms with Crippen LogP contribution >= 0.6 is 11.8 Å². The van der Waals surface area contributed by atoms with Crippen LogP contribution in [0.3, 0.4) is 0 Å². The highest BCUT2D eigenvalue weighted by Crippen LogP contribution is 2.43. The summed E-state index contributed by atoms with van der Waals surface area (Å²) in [4.78, 5) is 27.4. The number of amides is 1. The molecule has 0 aliphatic carbocycles. The fourth-order valence-electron chi connectivity index (χ4n) is 5.26. The molecule has 37 heavy (non-hydrogen) atoms. The molecule has 0 radical (unpaired) electrons. The van der Waals surface area contributed by atoms with Crippen molar-refractivity contribution in [1.29, 1.82) is 5.26 Å². The summed E-state index contributed by atoms with van der Waals surface area (Å²) in [6.45, 7) is 9.28. The van der Waals surface area contributed by atoms with Crippen LogP contribution in [0.2, 0.25) is 0 Å². The maximum Gasteiger partial charge on any atom is 0.351 e. The Morgan fingerprint density at radius 2 is 1.81 bits per heavy atom. The van der Waals surface area contributed by atoms with Crippen LogP contribution in [0.15, 0.2) is 65.2 Å². The van der Waals surface area contributed by atoms with Crippen molar-refractivity contribution in [3.05, 3.63) is 70.8 Å². The van der Waals surface area contributed by atoms with Gasteiger partial charge in [-0.2, -0.15) is 5.26 Å². The third-order valence-electron chi connectivity index (χ3n) is 6.99. The molecule has 0 aromatic heterocycles. The molecule has 0 bridgehead atoms. The Morgan fingerprint density at radius 1 is 1.11 bits per heavy atom. The molecule has 0 spiro atoms. The minimum Gasteiger partial charge on any atom is -0.462 e. The molecule has 0 N–H and O–H groups in total. The number of carbonyl (C=O) groups excluding carboxylic acids is 2. The fraction of sp³-hybridized carbons (Fsp3) is 0.393. The third-order valence-corrected chi connectivity index (χ3v) is 13.3. The number of hydrogen-bond donors (Lipinski definition) is 0. The van der Waals surface area contributed by atoms with Gasteiger partial charge in [0.25, 0.3) is 8.32 Å². The number of hydrogen-bond acceptors (Lipinski definition) is 7. The van der Waals surface area contributed by atoms with Gasteiger partial charge in [-0.25, -0.2) is 4.79 Å². The number of thioether (sulfide) groups is 1. The van der Waals surface area contributed by atoms with Crippen LogP contribution in [0.1, 0.15) is 33.3 Å². The third kappa shape index (κ3) is 4.64. The summed E-state index contributed by atoms with van der Waals surface area (Å²) < 4.78 is 17.5. The second-order valence-electron chi connectivity index (χ2n) is 9.33. The first kappa shape index (κ1) is 27.1. The molecule has 0 saturated carbocycles. The minimum absolute atomic E-state index is 0.140. The second-order valence-corrected chi connectivity index (χ2v) is 14.5. The quantitative estimate of drug-likeness (QED) is 0.200. The molecule has 2 atom stereocenters. The van der Waals surface area contributed by atoms with Gasteiger partial charge in [0.2, 0.25) is 5.91 Å². The molecule has 2 aromatic rings. The molecule has 2 aromatic carbocycles. The summed E-state index contributed by atoms with van der Waals surface area (Å²) in [7, 11) is -2.63. The monoisotopic (exact) mass is 536 g/mol. The predicted octanol–water partition coefficient (Wildman–Crippen LogP) is 2.87. The first-order valence-corrected chi connectivity index (χ1v) is 15.3. The van der Waals surface area contributed by atoms with E-state index in [4.69, 9.17) is 13.9 Å². The fourth-order valence-corrected chi connectivity index (χ4v) is 11.4. The zero-order valence-corrected chi connectivity index (χ0v) is 23.5. The standard InChI is InChI=1S/C28H32N2O5SSi/c1-5-33-19-23-25(31)30(26(36-23)21(18-29)27(32)34-6-2)16-17-35-37(20-12-8-7-9-13-20)24-15-11-10-14-22(24)28(37,3)4/h7-15,23H,5-6,16-17,19H2,1-4H3/b26-21-. The summed E-state index contributed by atoms with van der Waals surface area (Å²) in [5.41, 5.74) is 1.12. The molecule has 2 aliphatic heterocycles. The number of fused-ring (bicyclic) bond motifs is 1. The first-order valence-electron chi connectivity index (χ1n) is 12.5. The van der Waals surface area contributed by atoms with Crippen LogP contribution in [0.4, 0.5) is 0 Å². The van der Waals surface area contributed by atoms with E-state index in [1.54, 1.807) is 6.92 Å². The molecule has 9 heteroatoms. The van der Waals surface area contributed by atoms with E-state index in [0.29, 0.717) is 11.6 Å². The van der Waals surface area contributed by atoms with Gasteiger partial charge in [-0.3, -0.25) is 4.79 Å². The Morgan fingerprint density at radius 3 is 2.49 bits per heavy atom. The number of carbonyl (C=O) groups is 2. The van der Waals surface area contributed by atoms with E-state index in [9.17, 15) is 14.9 Å². The highest BCUT2D eigenvalue weighted by molar-refractivity contribution is 8.04. The van der Waals surface area contributed by atoms with Gasteiger partial charge in [-0.15, -0.1) is 0 Å². The lowest BCUT2D eigenvalue weighted by atomic mass is 10.0. The number of benzene rings is 2. The highest BCUT2D eigenvalue weighted by atomic mass is 32.2. The largest absolute Gasteiger partial charge is 0.462 e. The van der Waals surface area contributed by atoms with Gasteiger partial charge in [-0.1, -0.05) is 80.2 Å². The van der Waals surface area contributed by atoms with Crippen molar-refractivity contribution in [3.8, 4) is 6.07 Å². The molecule has 7 nitrogen and oxygen atoms in total. The summed E-state index contributed by atoms with van der Waals surface area (Å²) in [5, 5.41) is 11.8. The van der Waals surface area contributed by atoms with Crippen LogP contribution in [-0.4, -0.2) is 63.3 Å². The maximum absolute atomic E-state index is 13.3. The molecule has 2 aliphatic rings. The van der Waals surface area contributed by atoms with Crippen molar-refractivity contribution in [2.75, 3.05) is 33.0 Å². The van der Waals surface area contributed by atoms with Crippen LogP contribution in [-0.2, 0) is 28.5 Å². The Labute approximate surface area is 223 Å². The second kappa shape index (κ2) is 11.2. The zero-order valence-electron chi connectivity index (χ0n) is 21.7. The molecule has 4 rings (SSSR count). The number of ether oxygens (including phenoxy) is 2. The van der Waals surface area contributed by atoms with Gasteiger partial charge in [0, 0.05) is 18.2 Å². The Bertz CT molecular complexity index is 1240. The molecular weight excluding hydrogens is 504 g/mol. The van der Waals surface area contributed by atoms with Crippen molar-refractivity contribution < 1.29 is 23.5 Å². The van der Waals surface area contributed by atoms with Crippen molar-refractivity contribution >= 4 is 42.3 Å². The van der Waals surface area contributed by atoms with Gasteiger partial charge in [-0.05, 0) is 29.8 Å². The van der Waals surface area contributed by atoms with E-state index in [1.165, 1.54) is 32.6 Å². The van der Waals surface area contributed by atoms with Gasteiger partial charge in [0.05, 0.1) is 19.8 Å². The lowest BCUT2D eigenvalue weighted by Crippen LogP contribution is -2.81. The lowest BCUT2D eigenvalue weighted by Gasteiger charge is -2.55. The van der Waals surface area contributed by atoms with E-state index in [-0.39, 0.29) is 42.9 Å². The smallest absolute Gasteiger partial charge is 0.351 e. The normalized spacial score (nSPS) is 23.2. The van der Waals surface area contributed by atoms with E-state index >= 15 is 0 Å². The number of rotatable bonds is 10. The van der Waals surface area contributed by atoms with Crippen molar-refractivity contribution in [2.24, 2.45) is 0 Å². The van der Waals surface area contributed by atoms with Crippen LogP contribution < -0.4 is 10.4 Å². The van der Waals surface area contributed by atoms with Gasteiger partial charge in [0.15, 0.2) is 5.57 Å². The first-order chi connectivity index (χ1) is 17.8. The number of nitrogens with zero attached hydrogens (tertiary/aromatic N) is 2. The van der Waals surface area contributed by atoms with E-state index in [0.717, 1.165) is 0 Å². The van der Waals surface area contributed by atoms with Crippen LogP contribution in [0, 0.1) is 11.3 Å². The Hall–Kier alpha value is -2.90. The Balaban J connectivity index is 1.65. The van der Waals surface area contributed by atoms with Crippen molar-refractivity contribution in [3.63, 3.8) is 0 Å². The van der Waals surface area contributed by atoms with Crippen molar-refractivity contribution in [2.45, 2.75) is 38.0 Å². The maximum atomic E-state index is 13.3. The van der Waals surface area contributed by atoms with Gasteiger partial charge < -0.3 is 18.8 Å². The topological polar surface area (TPSA) is 88.9 Å². The van der Waals surface area contributed by atoms with Gasteiger partial charge in [0.1, 0.15) is 16.3 Å². The predicted molar refractivity (Wildman–Crippen MR) is 146 cm³/mol. The highest BCUT2D eigenvalue weighted by Gasteiger charge is 2.63. The lowest BCUT2D eigenvalue weighted by molar-refractivity contribution is -0.138. The van der Waals surface area contributed by atoms with E-state index in [2.05, 4.69) is 44.2 Å². The zero-order chi connectivity index (χ0) is 26.6. The molecule has 2 heterocycles. The average Bonchev–Trinajstić information content (AvgIpc) is 3.21. The molecule has 1 fully saturated rings. The van der Waals surface area contributed by atoms with Crippen LogP contribution in [0.25, 0.3) is 0 Å². The number of nitriles is 1. The summed E-state index contributed by atoms with van der Waals surface area (Å²) in [5.74, 6) is -0.926. The SMILES string of the molecule is CCOCC1S/C(=C(/C#N)C(=O)OCC)N(CCO[Si]2(c3ccccc3)c3ccccc3C2(C)C)C1=O. The summed E-state index contributed by atoms with van der Waals surface area (Å²) in [6, 6.07) is 20.7. The van der Waals surface area contributed by atoms with Crippen LogP contribution in [0.5, 0.6) is 0 Å². The summed E-state index contributed by atoms with van der Waals surface area (Å²) in [6.07, 6.45) is 0. The van der Waals surface area contributed by atoms with E-state index in [1.807, 2.05) is 37.3 Å².